The molecule has 0 fully saturated rings. The standard InChI is InChI=1S/C9H15FO4S/c1-3-4-7-15(12,13)9(10)5-6-14-8(2)11/h5H,3-4,6-7H2,1-2H3. The van der Waals surface area contributed by atoms with Crippen LogP contribution in [0.2, 0.25) is 0 Å². The molecule has 0 amide bonds. The zero-order chi connectivity index (χ0) is 11.9. The van der Waals surface area contributed by atoms with Gasteiger partial charge >= 0.3 is 5.97 Å². The van der Waals surface area contributed by atoms with Crippen molar-refractivity contribution < 1.29 is 22.3 Å². The highest BCUT2D eigenvalue weighted by Gasteiger charge is 2.16. The van der Waals surface area contributed by atoms with Crippen molar-refractivity contribution in [1.29, 1.82) is 0 Å². The van der Waals surface area contributed by atoms with Crippen LogP contribution in [-0.4, -0.2) is 26.7 Å². The van der Waals surface area contributed by atoms with E-state index in [0.717, 1.165) is 13.0 Å². The molecule has 88 valence electrons. The third kappa shape index (κ3) is 6.22. The number of halogens is 1. The van der Waals surface area contributed by atoms with Gasteiger partial charge in [-0.2, -0.15) is 4.39 Å². The van der Waals surface area contributed by atoms with Crippen LogP contribution in [0, 0.1) is 0 Å². The fraction of sp³-hybridized carbons (Fsp3) is 0.667. The predicted octanol–water partition coefficient (Wildman–Crippen LogP) is 1.58. The highest BCUT2D eigenvalue weighted by Crippen LogP contribution is 2.11. The van der Waals surface area contributed by atoms with Gasteiger partial charge in [-0.05, 0) is 6.42 Å². The summed E-state index contributed by atoms with van der Waals surface area (Å²) < 4.78 is 39.8. The van der Waals surface area contributed by atoms with Crippen molar-refractivity contribution in [3.05, 3.63) is 11.2 Å². The molecule has 0 N–H and O–H groups in total. The molecule has 0 spiro atoms. The maximum atomic E-state index is 13.0. The second kappa shape index (κ2) is 6.55. The molecule has 0 aromatic heterocycles. The lowest BCUT2D eigenvalue weighted by atomic mass is 10.4. The Balaban J connectivity index is 4.28. The van der Waals surface area contributed by atoms with Gasteiger partial charge in [0, 0.05) is 13.0 Å². The lowest BCUT2D eigenvalue weighted by Crippen LogP contribution is -2.07. The van der Waals surface area contributed by atoms with E-state index in [0.29, 0.717) is 12.8 Å². The van der Waals surface area contributed by atoms with Gasteiger partial charge in [0.2, 0.25) is 15.0 Å². The molecule has 0 unspecified atom stereocenters. The molecule has 0 radical (unpaired) electrons. The summed E-state index contributed by atoms with van der Waals surface area (Å²) in [5.41, 5.74) is 0. The molecule has 0 heterocycles. The molecule has 0 aliphatic rings. The molecule has 0 bridgehead atoms. The van der Waals surface area contributed by atoms with Crippen LogP contribution in [0.4, 0.5) is 4.39 Å². The first kappa shape index (κ1) is 14.1. The number of hydrogen-bond acceptors (Lipinski definition) is 4. The molecule has 0 rings (SSSR count). The van der Waals surface area contributed by atoms with Gasteiger partial charge in [-0.25, -0.2) is 8.42 Å². The smallest absolute Gasteiger partial charge is 0.302 e. The summed E-state index contributed by atoms with van der Waals surface area (Å²) in [6, 6.07) is 0. The highest BCUT2D eigenvalue weighted by atomic mass is 32.2. The van der Waals surface area contributed by atoms with Crippen LogP contribution in [0.5, 0.6) is 0 Å². The fourth-order valence-corrected chi connectivity index (χ4v) is 1.97. The number of carbonyl (C=O) groups excluding carboxylic acids is 1. The van der Waals surface area contributed by atoms with Gasteiger partial charge in [0.05, 0.1) is 5.75 Å². The molecular formula is C9H15FO4S. The Morgan fingerprint density at radius 2 is 2.07 bits per heavy atom. The minimum absolute atomic E-state index is 0.216. The number of carbonyl (C=O) groups is 1. The molecular weight excluding hydrogens is 223 g/mol. The first-order chi connectivity index (χ1) is 6.90. The number of rotatable bonds is 6. The fourth-order valence-electron chi connectivity index (χ4n) is 0.783. The third-order valence-corrected chi connectivity index (χ3v) is 3.18. The monoisotopic (exact) mass is 238 g/mol. The summed E-state index contributed by atoms with van der Waals surface area (Å²) in [6.07, 6.45) is 1.85. The Morgan fingerprint density at radius 1 is 1.47 bits per heavy atom. The van der Waals surface area contributed by atoms with Crippen molar-refractivity contribution in [3.63, 3.8) is 0 Å². The Morgan fingerprint density at radius 3 is 2.53 bits per heavy atom. The summed E-state index contributed by atoms with van der Waals surface area (Å²) in [4.78, 5) is 10.3. The summed E-state index contributed by atoms with van der Waals surface area (Å²) in [5, 5.41) is -1.22. The summed E-state index contributed by atoms with van der Waals surface area (Å²) in [7, 11) is -3.82. The Labute approximate surface area is 89.0 Å². The molecule has 0 atom stereocenters. The number of unbranched alkanes of at least 4 members (excludes halogenated alkanes) is 1. The topological polar surface area (TPSA) is 60.4 Å². The number of sulfone groups is 1. The summed E-state index contributed by atoms with van der Waals surface area (Å²) in [5.74, 6) is -0.795. The van der Waals surface area contributed by atoms with Crippen LogP contribution in [0.3, 0.4) is 0 Å². The second-order valence-corrected chi connectivity index (χ2v) is 5.01. The quantitative estimate of drug-likeness (QED) is 0.659. The van der Waals surface area contributed by atoms with Gasteiger partial charge in [0.25, 0.3) is 0 Å². The van der Waals surface area contributed by atoms with Crippen LogP contribution in [0.15, 0.2) is 11.2 Å². The lowest BCUT2D eigenvalue weighted by Gasteiger charge is -2.00. The van der Waals surface area contributed by atoms with Crippen molar-refractivity contribution in [3.8, 4) is 0 Å². The van der Waals surface area contributed by atoms with Crippen LogP contribution < -0.4 is 0 Å². The van der Waals surface area contributed by atoms with Gasteiger partial charge in [-0.1, -0.05) is 13.3 Å². The van der Waals surface area contributed by atoms with E-state index in [4.69, 9.17) is 0 Å². The predicted molar refractivity (Wildman–Crippen MR) is 54.5 cm³/mol. The Bertz CT molecular complexity index is 332. The van der Waals surface area contributed by atoms with Crippen molar-refractivity contribution >= 4 is 15.8 Å². The number of ether oxygens (including phenoxy) is 1. The average Bonchev–Trinajstić information content (AvgIpc) is 2.14. The third-order valence-electron chi connectivity index (χ3n) is 1.59. The van der Waals surface area contributed by atoms with Crippen molar-refractivity contribution in [2.75, 3.05) is 12.4 Å². The van der Waals surface area contributed by atoms with Crippen molar-refractivity contribution in [1.82, 2.24) is 0 Å². The van der Waals surface area contributed by atoms with Crippen molar-refractivity contribution in [2.45, 2.75) is 26.7 Å². The zero-order valence-corrected chi connectivity index (χ0v) is 9.64. The molecule has 0 saturated heterocycles. The zero-order valence-electron chi connectivity index (χ0n) is 8.82. The van der Waals surface area contributed by atoms with E-state index in [1.165, 1.54) is 0 Å². The van der Waals surface area contributed by atoms with E-state index >= 15 is 0 Å². The largest absolute Gasteiger partial charge is 0.461 e. The highest BCUT2D eigenvalue weighted by molar-refractivity contribution is 7.95. The van der Waals surface area contributed by atoms with E-state index < -0.39 is 21.0 Å². The van der Waals surface area contributed by atoms with Gasteiger partial charge in [-0.15, -0.1) is 0 Å². The first-order valence-electron chi connectivity index (χ1n) is 4.62. The summed E-state index contributed by atoms with van der Waals surface area (Å²) in [6.45, 7) is 2.62. The van der Waals surface area contributed by atoms with E-state index in [1.54, 1.807) is 0 Å². The van der Waals surface area contributed by atoms with Crippen LogP contribution in [0.1, 0.15) is 26.7 Å². The van der Waals surface area contributed by atoms with Crippen LogP contribution in [-0.2, 0) is 19.4 Å². The van der Waals surface area contributed by atoms with E-state index in [1.807, 2.05) is 6.92 Å². The van der Waals surface area contributed by atoms with E-state index in [-0.39, 0.29) is 12.4 Å². The SMILES string of the molecule is CCCCS(=O)(=O)C(F)=CCOC(C)=O. The molecule has 4 nitrogen and oxygen atoms in total. The van der Waals surface area contributed by atoms with Gasteiger partial charge in [0.1, 0.15) is 6.61 Å². The number of hydrogen-bond donors (Lipinski definition) is 0. The van der Waals surface area contributed by atoms with Crippen LogP contribution >= 0.6 is 0 Å². The molecule has 6 heteroatoms. The molecule has 15 heavy (non-hydrogen) atoms. The average molecular weight is 238 g/mol. The van der Waals surface area contributed by atoms with E-state index in [2.05, 4.69) is 4.74 Å². The summed E-state index contributed by atoms with van der Waals surface area (Å²) >= 11 is 0. The maximum Gasteiger partial charge on any atom is 0.302 e. The van der Waals surface area contributed by atoms with Crippen LogP contribution in [0.25, 0.3) is 0 Å². The van der Waals surface area contributed by atoms with Gasteiger partial charge in [-0.3, -0.25) is 4.79 Å². The minimum atomic E-state index is -3.82. The van der Waals surface area contributed by atoms with E-state index in [9.17, 15) is 17.6 Å². The number of esters is 1. The van der Waals surface area contributed by atoms with Gasteiger partial charge in [0.15, 0.2) is 0 Å². The lowest BCUT2D eigenvalue weighted by molar-refractivity contribution is -0.139. The van der Waals surface area contributed by atoms with Crippen molar-refractivity contribution in [2.24, 2.45) is 0 Å². The second-order valence-electron chi connectivity index (χ2n) is 2.98. The Kier molecular flexibility index (Phi) is 6.15. The molecule has 0 saturated carbocycles. The molecule has 0 aliphatic carbocycles. The minimum Gasteiger partial charge on any atom is -0.461 e. The normalized spacial score (nSPS) is 12.6. The molecule has 0 aliphatic heterocycles. The molecule has 0 aromatic carbocycles. The van der Waals surface area contributed by atoms with Gasteiger partial charge < -0.3 is 4.74 Å². The Hall–Kier alpha value is -0.910. The molecule has 0 aromatic rings. The maximum absolute atomic E-state index is 13.0. The first-order valence-corrected chi connectivity index (χ1v) is 6.27.